The van der Waals surface area contributed by atoms with Crippen LogP contribution in [0.25, 0.3) is 10.6 Å². The van der Waals surface area contributed by atoms with E-state index in [4.69, 9.17) is 5.73 Å². The first-order chi connectivity index (χ1) is 6.79. The minimum atomic E-state index is -0.471. The second-order valence-corrected chi connectivity index (χ2v) is 3.52. The van der Waals surface area contributed by atoms with Crippen LogP contribution in [0.1, 0.15) is 10.4 Å². The molecule has 0 unspecified atom stereocenters. The van der Waals surface area contributed by atoms with Gasteiger partial charge in [0.2, 0.25) is 0 Å². The molecule has 2 rings (SSSR count). The van der Waals surface area contributed by atoms with Crippen LogP contribution in [-0.2, 0) is 0 Å². The van der Waals surface area contributed by atoms with Gasteiger partial charge in [-0.05, 0) is 12.1 Å². The van der Waals surface area contributed by atoms with Gasteiger partial charge < -0.3 is 5.73 Å². The van der Waals surface area contributed by atoms with Crippen molar-refractivity contribution in [2.24, 2.45) is 5.73 Å². The Morgan fingerprint density at radius 2 is 2.36 bits per heavy atom. The maximum atomic E-state index is 11.1. The zero-order chi connectivity index (χ0) is 9.97. The summed E-state index contributed by atoms with van der Waals surface area (Å²) in [4.78, 5) is 20.0. The lowest BCUT2D eigenvalue weighted by molar-refractivity contribution is 0.100. The van der Waals surface area contributed by atoms with E-state index in [0.29, 0.717) is 11.3 Å². The fourth-order valence-corrected chi connectivity index (χ4v) is 1.76. The van der Waals surface area contributed by atoms with Crippen LogP contribution in [0.4, 0.5) is 0 Å². The Labute approximate surface area is 84.4 Å². The molecule has 0 aliphatic rings. The number of hydrogen-bond acceptors (Lipinski definition) is 4. The molecule has 70 valence electrons. The molecule has 0 saturated carbocycles. The van der Waals surface area contributed by atoms with Crippen LogP contribution in [0, 0.1) is 0 Å². The Bertz CT molecular complexity index is 453. The summed E-state index contributed by atoms with van der Waals surface area (Å²) in [6.07, 6.45) is 3.29. The molecule has 2 heterocycles. The second kappa shape index (κ2) is 3.55. The Morgan fingerprint density at radius 3 is 3.00 bits per heavy atom. The lowest BCUT2D eigenvalue weighted by Crippen LogP contribution is -2.12. The number of carbonyl (C=O) groups is 1. The molecule has 0 radical (unpaired) electrons. The summed E-state index contributed by atoms with van der Waals surface area (Å²) in [7, 11) is 0. The van der Waals surface area contributed by atoms with Crippen LogP contribution in [0.15, 0.2) is 30.0 Å². The predicted octanol–water partition coefficient (Wildman–Crippen LogP) is 1.30. The lowest BCUT2D eigenvalue weighted by atomic mass is 10.1. The second-order valence-electron chi connectivity index (χ2n) is 2.63. The minimum absolute atomic E-state index is 0.428. The molecule has 0 spiro atoms. The van der Waals surface area contributed by atoms with Crippen LogP contribution in [0.5, 0.6) is 0 Å². The summed E-state index contributed by atoms with van der Waals surface area (Å²) >= 11 is 1.43. The number of aromatic nitrogens is 2. The summed E-state index contributed by atoms with van der Waals surface area (Å²) in [5.41, 5.74) is 7.94. The number of pyridine rings is 1. The molecule has 0 aliphatic carbocycles. The molecule has 2 aromatic heterocycles. The highest BCUT2D eigenvalue weighted by molar-refractivity contribution is 7.13. The molecule has 2 N–H and O–H groups in total. The maximum Gasteiger partial charge on any atom is 0.250 e. The van der Waals surface area contributed by atoms with Crippen molar-refractivity contribution in [1.82, 2.24) is 9.97 Å². The first kappa shape index (κ1) is 8.83. The molecule has 4 nitrogen and oxygen atoms in total. The third kappa shape index (κ3) is 1.49. The van der Waals surface area contributed by atoms with E-state index in [1.807, 2.05) is 0 Å². The van der Waals surface area contributed by atoms with E-state index in [1.54, 1.807) is 30.0 Å². The number of amides is 1. The third-order valence-corrected chi connectivity index (χ3v) is 2.52. The zero-order valence-corrected chi connectivity index (χ0v) is 7.99. The molecule has 0 aromatic carbocycles. The van der Waals surface area contributed by atoms with Gasteiger partial charge in [-0.3, -0.25) is 14.8 Å². The van der Waals surface area contributed by atoms with Gasteiger partial charge in [0.25, 0.3) is 5.91 Å². The monoisotopic (exact) mass is 205 g/mol. The van der Waals surface area contributed by atoms with Crippen LogP contribution in [0.2, 0.25) is 0 Å². The topological polar surface area (TPSA) is 68.9 Å². The highest BCUT2D eigenvalue weighted by Gasteiger charge is 2.11. The van der Waals surface area contributed by atoms with Gasteiger partial charge in [0.15, 0.2) is 0 Å². The van der Waals surface area contributed by atoms with Crippen molar-refractivity contribution in [2.75, 3.05) is 0 Å². The molecular formula is C9H7N3OS. The van der Waals surface area contributed by atoms with Gasteiger partial charge in [0.1, 0.15) is 0 Å². The number of nitrogens with zero attached hydrogens (tertiary/aromatic N) is 2. The molecule has 0 atom stereocenters. The molecule has 14 heavy (non-hydrogen) atoms. The summed E-state index contributed by atoms with van der Waals surface area (Å²) in [6.45, 7) is 0. The molecule has 0 aliphatic heterocycles. The quantitative estimate of drug-likeness (QED) is 0.803. The first-order valence-electron chi connectivity index (χ1n) is 3.92. The van der Waals surface area contributed by atoms with Crippen molar-refractivity contribution >= 4 is 17.2 Å². The fraction of sp³-hybridized carbons (Fsp3) is 0. The van der Waals surface area contributed by atoms with E-state index in [-0.39, 0.29) is 0 Å². The molecule has 5 heteroatoms. The molecule has 0 bridgehead atoms. The number of rotatable bonds is 2. The smallest absolute Gasteiger partial charge is 0.250 e. The van der Waals surface area contributed by atoms with E-state index in [0.717, 1.165) is 4.88 Å². The van der Waals surface area contributed by atoms with E-state index in [9.17, 15) is 4.79 Å². The lowest BCUT2D eigenvalue weighted by Gasteiger charge is -2.00. The Hall–Kier alpha value is -1.75. The largest absolute Gasteiger partial charge is 0.366 e. The summed E-state index contributed by atoms with van der Waals surface area (Å²) in [5.74, 6) is -0.471. The van der Waals surface area contributed by atoms with Gasteiger partial charge in [-0.15, -0.1) is 11.3 Å². The molecular weight excluding hydrogens is 198 g/mol. The van der Waals surface area contributed by atoms with Gasteiger partial charge in [-0.25, -0.2) is 0 Å². The van der Waals surface area contributed by atoms with E-state index in [1.165, 1.54) is 11.3 Å². The van der Waals surface area contributed by atoms with Crippen molar-refractivity contribution in [2.45, 2.75) is 0 Å². The Morgan fingerprint density at radius 1 is 1.50 bits per heavy atom. The van der Waals surface area contributed by atoms with Crippen molar-refractivity contribution in [3.8, 4) is 10.6 Å². The minimum Gasteiger partial charge on any atom is -0.366 e. The third-order valence-electron chi connectivity index (χ3n) is 1.74. The van der Waals surface area contributed by atoms with Gasteiger partial charge in [-0.1, -0.05) is 0 Å². The zero-order valence-electron chi connectivity index (χ0n) is 7.18. The van der Waals surface area contributed by atoms with Crippen LogP contribution < -0.4 is 5.73 Å². The fourth-order valence-electron chi connectivity index (χ4n) is 1.13. The van der Waals surface area contributed by atoms with E-state index >= 15 is 0 Å². The van der Waals surface area contributed by atoms with Crippen LogP contribution >= 0.6 is 11.3 Å². The number of nitrogens with two attached hydrogens (primary N) is 1. The standard InChI is InChI=1S/C9H7N3OS/c10-9(13)6-2-1-3-12-8(6)7-4-11-5-14-7/h1-5H,(H2,10,13). The average Bonchev–Trinajstić information content (AvgIpc) is 2.70. The molecule has 2 aromatic rings. The van der Waals surface area contributed by atoms with Crippen LogP contribution in [0.3, 0.4) is 0 Å². The number of thiazole rings is 1. The normalized spacial score (nSPS) is 10.0. The van der Waals surface area contributed by atoms with Crippen molar-refractivity contribution in [3.63, 3.8) is 0 Å². The molecule has 0 saturated heterocycles. The molecule has 0 fully saturated rings. The van der Waals surface area contributed by atoms with Crippen molar-refractivity contribution in [1.29, 1.82) is 0 Å². The highest BCUT2D eigenvalue weighted by atomic mass is 32.1. The average molecular weight is 205 g/mol. The highest BCUT2D eigenvalue weighted by Crippen LogP contribution is 2.23. The first-order valence-corrected chi connectivity index (χ1v) is 4.80. The predicted molar refractivity (Wildman–Crippen MR) is 53.9 cm³/mol. The maximum absolute atomic E-state index is 11.1. The number of carbonyl (C=O) groups excluding carboxylic acids is 1. The number of primary amides is 1. The summed E-state index contributed by atoms with van der Waals surface area (Å²) in [6, 6.07) is 3.34. The summed E-state index contributed by atoms with van der Waals surface area (Å²) in [5, 5.41) is 0. The Balaban J connectivity index is 2.58. The van der Waals surface area contributed by atoms with Crippen LogP contribution in [-0.4, -0.2) is 15.9 Å². The van der Waals surface area contributed by atoms with Gasteiger partial charge >= 0.3 is 0 Å². The van der Waals surface area contributed by atoms with Gasteiger partial charge in [0.05, 0.1) is 21.6 Å². The molecule has 1 amide bonds. The van der Waals surface area contributed by atoms with Gasteiger partial charge in [-0.2, -0.15) is 0 Å². The summed E-state index contributed by atoms with van der Waals surface area (Å²) < 4.78 is 0. The van der Waals surface area contributed by atoms with E-state index in [2.05, 4.69) is 9.97 Å². The van der Waals surface area contributed by atoms with Crippen molar-refractivity contribution < 1.29 is 4.79 Å². The van der Waals surface area contributed by atoms with Gasteiger partial charge in [0, 0.05) is 12.4 Å². The Kier molecular flexibility index (Phi) is 2.24. The van der Waals surface area contributed by atoms with E-state index < -0.39 is 5.91 Å². The van der Waals surface area contributed by atoms with Crippen molar-refractivity contribution in [3.05, 3.63) is 35.6 Å². The SMILES string of the molecule is NC(=O)c1cccnc1-c1cncs1. The number of hydrogen-bond donors (Lipinski definition) is 1.